The van der Waals surface area contributed by atoms with E-state index in [0.717, 1.165) is 18.5 Å². The van der Waals surface area contributed by atoms with Crippen molar-refractivity contribution in [1.82, 2.24) is 15.0 Å². The van der Waals surface area contributed by atoms with Gasteiger partial charge in [0.15, 0.2) is 0 Å². The molecule has 1 aromatic rings. The molecule has 3 unspecified atom stereocenters. The third kappa shape index (κ3) is 2.08. The molecule has 5 heteroatoms. The highest BCUT2D eigenvalue weighted by Gasteiger charge is 2.31. The molecule has 0 saturated heterocycles. The lowest BCUT2D eigenvalue weighted by molar-refractivity contribution is 0.0692. The van der Waals surface area contributed by atoms with Gasteiger partial charge in [0.2, 0.25) is 0 Å². The molecular weight excluding hydrogens is 258 g/mol. The summed E-state index contributed by atoms with van der Waals surface area (Å²) in [5, 5.41) is 8.16. The minimum absolute atomic E-state index is 0.283. The van der Waals surface area contributed by atoms with Crippen molar-refractivity contribution in [2.24, 2.45) is 0 Å². The van der Waals surface area contributed by atoms with Crippen LogP contribution in [0.15, 0.2) is 6.20 Å². The van der Waals surface area contributed by atoms with Crippen LogP contribution in [0.1, 0.15) is 42.7 Å². The number of alkyl halides is 1. The van der Waals surface area contributed by atoms with E-state index in [0.29, 0.717) is 6.04 Å². The summed E-state index contributed by atoms with van der Waals surface area (Å²) in [5.41, 5.74) is 1.13. The van der Waals surface area contributed by atoms with E-state index in [9.17, 15) is 0 Å². The first-order valence-corrected chi connectivity index (χ1v) is 6.22. The second kappa shape index (κ2) is 4.61. The number of hydrogen-bond donors (Lipinski definition) is 0. The van der Waals surface area contributed by atoms with Crippen LogP contribution in [0.25, 0.3) is 0 Å². The number of rotatable bonds is 3. The number of methoxy groups -OCH3 is 1. The van der Waals surface area contributed by atoms with E-state index < -0.39 is 0 Å². The van der Waals surface area contributed by atoms with Crippen molar-refractivity contribution in [1.29, 1.82) is 0 Å². The topological polar surface area (TPSA) is 39.9 Å². The number of ether oxygens (including phenoxy) is 1. The fourth-order valence-corrected chi connectivity index (χ4v) is 2.58. The molecule has 0 bridgehead atoms. The maximum Gasteiger partial charge on any atom is 0.0802 e. The van der Waals surface area contributed by atoms with Crippen LogP contribution in [-0.4, -0.2) is 28.2 Å². The van der Waals surface area contributed by atoms with Crippen LogP contribution in [0.4, 0.5) is 0 Å². The molecule has 15 heavy (non-hydrogen) atoms. The largest absolute Gasteiger partial charge is 0.379 e. The molecule has 84 valence electrons. The summed E-state index contributed by atoms with van der Waals surface area (Å²) in [5.74, 6) is 0. The van der Waals surface area contributed by atoms with Crippen molar-refractivity contribution >= 4 is 15.9 Å². The highest BCUT2D eigenvalue weighted by molar-refractivity contribution is 9.09. The van der Waals surface area contributed by atoms with Gasteiger partial charge in [-0.2, -0.15) is 0 Å². The van der Waals surface area contributed by atoms with E-state index in [4.69, 9.17) is 4.74 Å². The second-order valence-corrected chi connectivity index (χ2v) is 5.37. The number of aromatic nitrogens is 3. The summed E-state index contributed by atoms with van der Waals surface area (Å²) in [6.07, 6.45) is 5.58. The lowest BCUT2D eigenvalue weighted by Crippen LogP contribution is -2.23. The van der Waals surface area contributed by atoms with Crippen molar-refractivity contribution in [3.63, 3.8) is 0 Å². The predicted molar refractivity (Wildman–Crippen MR) is 61.0 cm³/mol. The standard InChI is InChI=1S/C10H16BrN3O/c1-7(11)9-6-12-13-14(9)8-4-3-5-10(8)15-2/h6-8,10H,3-5H2,1-2H3. The molecule has 0 amide bonds. The zero-order chi connectivity index (χ0) is 10.8. The maximum atomic E-state index is 5.48. The van der Waals surface area contributed by atoms with E-state index >= 15 is 0 Å². The van der Waals surface area contributed by atoms with E-state index in [-0.39, 0.29) is 10.9 Å². The van der Waals surface area contributed by atoms with Gasteiger partial charge in [-0.05, 0) is 26.2 Å². The normalized spacial score (nSPS) is 28.2. The molecule has 0 aliphatic heterocycles. The molecule has 3 atom stereocenters. The molecule has 2 rings (SSSR count). The van der Waals surface area contributed by atoms with Crippen LogP contribution < -0.4 is 0 Å². The number of nitrogens with zero attached hydrogens (tertiary/aromatic N) is 3. The quantitative estimate of drug-likeness (QED) is 0.795. The average Bonchev–Trinajstić information content (AvgIpc) is 2.85. The first kappa shape index (κ1) is 11.1. The zero-order valence-corrected chi connectivity index (χ0v) is 10.6. The van der Waals surface area contributed by atoms with E-state index in [2.05, 4.69) is 33.2 Å². The Morgan fingerprint density at radius 2 is 2.40 bits per heavy atom. The molecule has 0 N–H and O–H groups in total. The van der Waals surface area contributed by atoms with Crippen molar-refractivity contribution < 1.29 is 4.74 Å². The molecule has 1 aliphatic carbocycles. The summed E-state index contributed by atoms with van der Waals surface area (Å²) in [7, 11) is 1.77. The van der Waals surface area contributed by atoms with Crippen molar-refractivity contribution in [3.05, 3.63) is 11.9 Å². The van der Waals surface area contributed by atoms with Gasteiger partial charge in [-0.3, -0.25) is 0 Å². The predicted octanol–water partition coefficient (Wildman–Crippen LogP) is 2.47. The number of hydrogen-bond acceptors (Lipinski definition) is 3. The Morgan fingerprint density at radius 1 is 1.60 bits per heavy atom. The summed E-state index contributed by atoms with van der Waals surface area (Å²) in [6, 6.07) is 0.354. The van der Waals surface area contributed by atoms with Gasteiger partial charge in [-0.1, -0.05) is 21.1 Å². The smallest absolute Gasteiger partial charge is 0.0802 e. The molecule has 1 fully saturated rings. The van der Waals surface area contributed by atoms with Crippen LogP contribution in [0, 0.1) is 0 Å². The fraction of sp³-hybridized carbons (Fsp3) is 0.800. The Balaban J connectivity index is 2.24. The Labute approximate surface area is 98.1 Å². The first-order chi connectivity index (χ1) is 7.24. The van der Waals surface area contributed by atoms with Crippen LogP contribution in [0.2, 0.25) is 0 Å². The van der Waals surface area contributed by atoms with Crippen LogP contribution in [-0.2, 0) is 4.74 Å². The van der Waals surface area contributed by atoms with Crippen molar-refractivity contribution in [2.45, 2.75) is 43.2 Å². The van der Waals surface area contributed by atoms with Gasteiger partial charge < -0.3 is 4.74 Å². The van der Waals surface area contributed by atoms with Crippen LogP contribution >= 0.6 is 15.9 Å². The zero-order valence-electron chi connectivity index (χ0n) is 9.06. The van der Waals surface area contributed by atoms with Gasteiger partial charge in [0, 0.05) is 7.11 Å². The lowest BCUT2D eigenvalue weighted by Gasteiger charge is -2.20. The molecule has 0 aromatic carbocycles. The Bertz CT molecular complexity index is 326. The SMILES string of the molecule is COC1CCCC1n1nncc1C(C)Br. The van der Waals surface area contributed by atoms with Crippen LogP contribution in [0.3, 0.4) is 0 Å². The Hall–Kier alpha value is -0.420. The van der Waals surface area contributed by atoms with Gasteiger partial charge in [-0.25, -0.2) is 4.68 Å². The van der Waals surface area contributed by atoms with Gasteiger partial charge in [0.05, 0.1) is 28.9 Å². The molecule has 1 aliphatic rings. The van der Waals surface area contributed by atoms with Crippen LogP contribution in [0.5, 0.6) is 0 Å². The van der Waals surface area contributed by atoms with E-state index in [1.807, 2.05) is 10.9 Å². The monoisotopic (exact) mass is 273 g/mol. The third-order valence-corrected chi connectivity index (χ3v) is 3.51. The fourth-order valence-electron chi connectivity index (χ4n) is 2.26. The Morgan fingerprint density at radius 3 is 3.07 bits per heavy atom. The molecular formula is C10H16BrN3O. The van der Waals surface area contributed by atoms with Gasteiger partial charge in [0.25, 0.3) is 0 Å². The highest BCUT2D eigenvalue weighted by atomic mass is 79.9. The van der Waals surface area contributed by atoms with Gasteiger partial charge >= 0.3 is 0 Å². The summed E-state index contributed by atoms with van der Waals surface area (Å²) in [4.78, 5) is 0.283. The Kier molecular flexibility index (Phi) is 3.41. The molecule has 0 spiro atoms. The highest BCUT2D eigenvalue weighted by Crippen LogP contribution is 2.34. The average molecular weight is 274 g/mol. The summed E-state index contributed by atoms with van der Waals surface area (Å²) in [6.45, 7) is 2.09. The van der Waals surface area contributed by atoms with Gasteiger partial charge in [0.1, 0.15) is 0 Å². The minimum Gasteiger partial charge on any atom is -0.379 e. The van der Waals surface area contributed by atoms with Crippen molar-refractivity contribution in [2.75, 3.05) is 7.11 Å². The maximum absolute atomic E-state index is 5.48. The first-order valence-electron chi connectivity index (χ1n) is 5.31. The third-order valence-electron chi connectivity index (χ3n) is 3.04. The van der Waals surface area contributed by atoms with E-state index in [1.54, 1.807) is 7.11 Å². The van der Waals surface area contributed by atoms with Gasteiger partial charge in [-0.15, -0.1) is 5.10 Å². The summed E-state index contributed by atoms with van der Waals surface area (Å²) >= 11 is 3.56. The molecule has 1 aromatic heterocycles. The second-order valence-electron chi connectivity index (χ2n) is 3.99. The number of halogens is 1. The molecule has 0 radical (unpaired) electrons. The molecule has 4 nitrogen and oxygen atoms in total. The van der Waals surface area contributed by atoms with Crippen molar-refractivity contribution in [3.8, 4) is 0 Å². The lowest BCUT2D eigenvalue weighted by atomic mass is 10.2. The van der Waals surface area contributed by atoms with E-state index in [1.165, 1.54) is 6.42 Å². The summed E-state index contributed by atoms with van der Waals surface area (Å²) < 4.78 is 7.49. The minimum atomic E-state index is 0.283. The molecule has 1 heterocycles. The molecule has 1 saturated carbocycles.